The molecule has 6 nitrogen and oxygen atoms in total. The first-order valence-electron chi connectivity index (χ1n) is 6.64. The lowest BCUT2D eigenvalue weighted by Gasteiger charge is -2.20. The summed E-state index contributed by atoms with van der Waals surface area (Å²) in [7, 11) is -3.75. The summed E-state index contributed by atoms with van der Waals surface area (Å²) in [4.78, 5) is 11.7. The van der Waals surface area contributed by atoms with Crippen LogP contribution in [0.15, 0.2) is 23.1 Å². The summed E-state index contributed by atoms with van der Waals surface area (Å²) < 4.78 is 26.1. The molecule has 21 heavy (non-hydrogen) atoms. The van der Waals surface area contributed by atoms with Crippen molar-refractivity contribution >= 4 is 15.9 Å². The van der Waals surface area contributed by atoms with Gasteiger partial charge in [0.1, 0.15) is 0 Å². The zero-order chi connectivity index (χ0) is 16.0. The maximum absolute atomic E-state index is 12.5. The van der Waals surface area contributed by atoms with Crippen molar-refractivity contribution in [2.45, 2.75) is 25.7 Å². The van der Waals surface area contributed by atoms with Crippen molar-refractivity contribution in [3.63, 3.8) is 0 Å². The minimum Gasteiger partial charge on any atom is -0.355 e. The van der Waals surface area contributed by atoms with E-state index in [1.807, 2.05) is 6.07 Å². The number of benzene rings is 1. The van der Waals surface area contributed by atoms with Crippen molar-refractivity contribution in [3.05, 3.63) is 29.3 Å². The zero-order valence-electron chi connectivity index (χ0n) is 12.4. The van der Waals surface area contributed by atoms with Crippen LogP contribution in [-0.4, -0.2) is 38.3 Å². The number of amides is 1. The molecule has 1 aromatic rings. The Kier molecular flexibility index (Phi) is 5.88. The maximum Gasteiger partial charge on any atom is 0.243 e. The van der Waals surface area contributed by atoms with Gasteiger partial charge in [0.15, 0.2) is 0 Å². The molecule has 0 radical (unpaired) electrons. The number of hydrogen-bond donors (Lipinski definition) is 1. The molecule has 0 heterocycles. The third kappa shape index (κ3) is 4.03. The first kappa shape index (κ1) is 17.1. The Labute approximate surface area is 125 Å². The Morgan fingerprint density at radius 2 is 2.05 bits per heavy atom. The third-order valence-electron chi connectivity index (χ3n) is 3.00. The van der Waals surface area contributed by atoms with Gasteiger partial charge in [0, 0.05) is 13.1 Å². The second kappa shape index (κ2) is 7.20. The minimum atomic E-state index is -3.75. The molecule has 0 unspecified atom stereocenters. The van der Waals surface area contributed by atoms with Gasteiger partial charge in [-0.25, -0.2) is 8.42 Å². The quantitative estimate of drug-likeness (QED) is 0.849. The van der Waals surface area contributed by atoms with E-state index in [1.165, 1.54) is 18.2 Å². The maximum atomic E-state index is 12.5. The van der Waals surface area contributed by atoms with Crippen molar-refractivity contribution in [3.8, 4) is 6.07 Å². The number of sulfonamides is 1. The molecule has 0 saturated carbocycles. The summed E-state index contributed by atoms with van der Waals surface area (Å²) in [5, 5.41) is 11.5. The number of likely N-dealkylation sites (N-methyl/N-ethyl adjacent to an activating group) is 2. The molecule has 0 atom stereocenters. The SMILES string of the molecule is CCNC(=O)CN(CC)S(=O)(=O)c1ccc(C#N)c(C)c1. The van der Waals surface area contributed by atoms with E-state index in [9.17, 15) is 13.2 Å². The van der Waals surface area contributed by atoms with Crippen LogP contribution >= 0.6 is 0 Å². The molecule has 0 fully saturated rings. The van der Waals surface area contributed by atoms with Crippen molar-refractivity contribution in [2.75, 3.05) is 19.6 Å². The molecule has 0 aromatic heterocycles. The molecule has 0 saturated heterocycles. The third-order valence-corrected chi connectivity index (χ3v) is 4.92. The van der Waals surface area contributed by atoms with Gasteiger partial charge in [0.05, 0.1) is 23.1 Å². The average molecular weight is 309 g/mol. The summed E-state index contributed by atoms with van der Waals surface area (Å²) in [6, 6.07) is 6.31. The largest absolute Gasteiger partial charge is 0.355 e. The Morgan fingerprint density at radius 3 is 2.52 bits per heavy atom. The van der Waals surface area contributed by atoms with E-state index in [0.717, 1.165) is 4.31 Å². The van der Waals surface area contributed by atoms with Gasteiger partial charge in [-0.2, -0.15) is 9.57 Å². The molecule has 1 aromatic carbocycles. The van der Waals surface area contributed by atoms with Crippen LogP contribution in [0, 0.1) is 18.3 Å². The molecule has 114 valence electrons. The topological polar surface area (TPSA) is 90.3 Å². The lowest BCUT2D eigenvalue weighted by Crippen LogP contribution is -2.40. The normalized spacial score (nSPS) is 11.2. The standard InChI is InChI=1S/C14H19N3O3S/c1-4-16-14(18)10-17(5-2)21(19,20)13-7-6-12(9-15)11(3)8-13/h6-8H,4-5,10H2,1-3H3,(H,16,18). The number of carbonyl (C=O) groups is 1. The molecule has 0 bridgehead atoms. The van der Waals surface area contributed by atoms with Gasteiger partial charge in [-0.3, -0.25) is 4.79 Å². The van der Waals surface area contributed by atoms with E-state index in [-0.39, 0.29) is 23.9 Å². The van der Waals surface area contributed by atoms with E-state index in [4.69, 9.17) is 5.26 Å². The molecule has 1 rings (SSSR count). The predicted molar refractivity (Wildman–Crippen MR) is 79.0 cm³/mol. The lowest BCUT2D eigenvalue weighted by molar-refractivity contribution is -0.121. The predicted octanol–water partition coefficient (Wildman–Crippen LogP) is 1.01. The van der Waals surface area contributed by atoms with Gasteiger partial charge < -0.3 is 5.32 Å². The highest BCUT2D eigenvalue weighted by molar-refractivity contribution is 7.89. The molecule has 0 spiro atoms. The zero-order valence-corrected chi connectivity index (χ0v) is 13.2. The highest BCUT2D eigenvalue weighted by atomic mass is 32.2. The van der Waals surface area contributed by atoms with E-state index >= 15 is 0 Å². The van der Waals surface area contributed by atoms with E-state index in [0.29, 0.717) is 17.7 Å². The van der Waals surface area contributed by atoms with Gasteiger partial charge in [0.2, 0.25) is 15.9 Å². The number of hydrogen-bond acceptors (Lipinski definition) is 4. The molecule has 0 aliphatic carbocycles. The first-order chi connectivity index (χ1) is 9.86. The number of carbonyl (C=O) groups excluding carboxylic acids is 1. The van der Waals surface area contributed by atoms with Crippen LogP contribution in [0.4, 0.5) is 0 Å². The number of nitrogens with one attached hydrogen (secondary N) is 1. The first-order valence-corrected chi connectivity index (χ1v) is 8.08. The van der Waals surface area contributed by atoms with E-state index < -0.39 is 10.0 Å². The molecular weight excluding hydrogens is 290 g/mol. The van der Waals surface area contributed by atoms with Crippen LogP contribution in [0.25, 0.3) is 0 Å². The number of nitrogens with zero attached hydrogens (tertiary/aromatic N) is 2. The fraction of sp³-hybridized carbons (Fsp3) is 0.429. The fourth-order valence-corrected chi connectivity index (χ4v) is 3.34. The van der Waals surface area contributed by atoms with Crippen LogP contribution in [0.2, 0.25) is 0 Å². The van der Waals surface area contributed by atoms with Crippen LogP contribution in [0.3, 0.4) is 0 Å². The molecule has 1 N–H and O–H groups in total. The second-order valence-electron chi connectivity index (χ2n) is 4.47. The monoisotopic (exact) mass is 309 g/mol. The Morgan fingerprint density at radius 1 is 1.38 bits per heavy atom. The van der Waals surface area contributed by atoms with Crippen molar-refractivity contribution in [1.29, 1.82) is 5.26 Å². The molecule has 7 heteroatoms. The van der Waals surface area contributed by atoms with Crippen molar-refractivity contribution in [1.82, 2.24) is 9.62 Å². The van der Waals surface area contributed by atoms with Gasteiger partial charge in [-0.05, 0) is 37.6 Å². The smallest absolute Gasteiger partial charge is 0.243 e. The molecule has 0 aliphatic rings. The number of aryl methyl sites for hydroxylation is 1. The summed E-state index contributed by atoms with van der Waals surface area (Å²) in [5.41, 5.74) is 1.02. The number of rotatable bonds is 6. The Balaban J connectivity index is 3.10. The second-order valence-corrected chi connectivity index (χ2v) is 6.41. The molecule has 0 aliphatic heterocycles. The summed E-state index contributed by atoms with van der Waals surface area (Å²) in [6.07, 6.45) is 0. The molecular formula is C14H19N3O3S. The highest BCUT2D eigenvalue weighted by Gasteiger charge is 2.25. The van der Waals surface area contributed by atoms with Crippen molar-refractivity contribution < 1.29 is 13.2 Å². The van der Waals surface area contributed by atoms with E-state index in [2.05, 4.69) is 5.32 Å². The average Bonchev–Trinajstić information content (AvgIpc) is 2.44. The Hall–Kier alpha value is -1.91. The van der Waals surface area contributed by atoms with Crippen LogP contribution in [0.1, 0.15) is 25.0 Å². The van der Waals surface area contributed by atoms with E-state index in [1.54, 1.807) is 20.8 Å². The van der Waals surface area contributed by atoms with Gasteiger partial charge >= 0.3 is 0 Å². The molecule has 1 amide bonds. The summed E-state index contributed by atoms with van der Waals surface area (Å²) in [6.45, 7) is 5.55. The minimum absolute atomic E-state index is 0.0881. The van der Waals surface area contributed by atoms with Crippen molar-refractivity contribution in [2.24, 2.45) is 0 Å². The van der Waals surface area contributed by atoms with Crippen LogP contribution in [0.5, 0.6) is 0 Å². The summed E-state index contributed by atoms with van der Waals surface area (Å²) >= 11 is 0. The van der Waals surface area contributed by atoms with Crippen LogP contribution < -0.4 is 5.32 Å². The van der Waals surface area contributed by atoms with Crippen LogP contribution in [-0.2, 0) is 14.8 Å². The van der Waals surface area contributed by atoms with Gasteiger partial charge in [-0.1, -0.05) is 6.92 Å². The number of nitriles is 1. The highest BCUT2D eigenvalue weighted by Crippen LogP contribution is 2.19. The van der Waals surface area contributed by atoms with Gasteiger partial charge in [-0.15, -0.1) is 0 Å². The fourth-order valence-electron chi connectivity index (χ4n) is 1.85. The Bertz CT molecular complexity index is 663. The summed E-state index contributed by atoms with van der Waals surface area (Å²) in [5.74, 6) is -0.340. The lowest BCUT2D eigenvalue weighted by atomic mass is 10.1. The van der Waals surface area contributed by atoms with Gasteiger partial charge in [0.25, 0.3) is 0 Å².